The number of nitrogens with zero attached hydrogens (tertiary/aromatic N) is 1. The molecule has 1 fully saturated rings. The van der Waals surface area contributed by atoms with Gasteiger partial charge in [0.25, 0.3) is 5.91 Å². The van der Waals surface area contributed by atoms with Crippen LogP contribution in [0, 0.1) is 26.6 Å². The van der Waals surface area contributed by atoms with Gasteiger partial charge in [-0.1, -0.05) is 12.1 Å². The number of rotatable bonds is 6. The van der Waals surface area contributed by atoms with Gasteiger partial charge in [0, 0.05) is 24.5 Å². The van der Waals surface area contributed by atoms with Crippen molar-refractivity contribution in [2.24, 2.45) is 0 Å². The van der Waals surface area contributed by atoms with Gasteiger partial charge >= 0.3 is 0 Å². The van der Waals surface area contributed by atoms with Gasteiger partial charge in [0.2, 0.25) is 0 Å². The topological polar surface area (TPSA) is 70.7 Å². The monoisotopic (exact) mass is 487 g/mol. The fourth-order valence-corrected chi connectivity index (χ4v) is 5.84. The lowest BCUT2D eigenvalue weighted by atomic mass is 10.0. The van der Waals surface area contributed by atoms with E-state index < -0.39 is 16.8 Å². The maximum Gasteiger partial charge on any atom is 0.267 e. The van der Waals surface area contributed by atoms with Crippen molar-refractivity contribution in [2.45, 2.75) is 25.7 Å². The molecule has 6 nitrogen and oxygen atoms in total. The highest BCUT2D eigenvalue weighted by molar-refractivity contribution is 7.86. The molecular formula is C24H26FN3O3S2. The number of aryl methyl sites for hydroxylation is 2. The molecule has 0 bridgehead atoms. The number of thiophene rings is 1. The second-order valence-electron chi connectivity index (χ2n) is 7.90. The van der Waals surface area contributed by atoms with Gasteiger partial charge in [0.05, 0.1) is 23.8 Å². The first-order valence-electron chi connectivity index (χ1n) is 10.6. The van der Waals surface area contributed by atoms with Crippen LogP contribution in [0.3, 0.4) is 0 Å². The highest BCUT2D eigenvalue weighted by atomic mass is 32.2. The van der Waals surface area contributed by atoms with E-state index in [1.165, 1.54) is 29.5 Å². The summed E-state index contributed by atoms with van der Waals surface area (Å²) in [6.45, 7) is 9.06. The zero-order valence-corrected chi connectivity index (χ0v) is 20.4. The molecule has 0 saturated carbocycles. The molecule has 4 rings (SSSR count). The average molecular weight is 488 g/mol. The molecule has 33 heavy (non-hydrogen) atoms. The van der Waals surface area contributed by atoms with E-state index >= 15 is 0 Å². The highest BCUT2D eigenvalue weighted by Gasteiger charge is 2.22. The molecule has 2 heterocycles. The maximum absolute atomic E-state index is 13.5. The lowest BCUT2D eigenvalue weighted by Gasteiger charge is -2.32. The first kappa shape index (κ1) is 23.4. The summed E-state index contributed by atoms with van der Waals surface area (Å²) in [6, 6.07) is 9.36. The number of anilines is 3. The second-order valence-corrected chi connectivity index (χ2v) is 10.0. The number of amides is 1. The summed E-state index contributed by atoms with van der Waals surface area (Å²) in [6.07, 6.45) is 0. The highest BCUT2D eigenvalue weighted by Crippen LogP contribution is 2.35. The molecule has 1 aliphatic heterocycles. The Bertz CT molecular complexity index is 1210. The van der Waals surface area contributed by atoms with E-state index in [1.54, 1.807) is 17.5 Å². The van der Waals surface area contributed by atoms with Crippen LogP contribution in [0.4, 0.5) is 21.5 Å². The van der Waals surface area contributed by atoms with Crippen LogP contribution in [-0.2, 0) is 15.7 Å². The fraction of sp³-hybridized carbons (Fsp3) is 0.292. The van der Waals surface area contributed by atoms with Crippen molar-refractivity contribution in [3.63, 3.8) is 0 Å². The van der Waals surface area contributed by atoms with E-state index in [1.807, 2.05) is 13.8 Å². The van der Waals surface area contributed by atoms with E-state index in [2.05, 4.69) is 27.9 Å². The zero-order valence-electron chi connectivity index (χ0n) is 18.7. The molecule has 1 amide bonds. The third-order valence-electron chi connectivity index (χ3n) is 5.58. The molecule has 1 aromatic heterocycles. The summed E-state index contributed by atoms with van der Waals surface area (Å²) < 4.78 is 34.5. The number of hydrogen-bond donors (Lipinski definition) is 2. The molecule has 1 aliphatic rings. The number of benzene rings is 2. The summed E-state index contributed by atoms with van der Waals surface area (Å²) in [5.74, 6) is -0.751. The molecule has 9 heteroatoms. The molecule has 174 valence electrons. The number of hydrogen-bond acceptors (Lipinski definition) is 5. The number of morpholine rings is 1. The smallest absolute Gasteiger partial charge is 0.267 e. The predicted molar refractivity (Wildman–Crippen MR) is 132 cm³/mol. The Morgan fingerprint density at radius 1 is 1.12 bits per heavy atom. The van der Waals surface area contributed by atoms with E-state index in [0.29, 0.717) is 28.7 Å². The van der Waals surface area contributed by atoms with Crippen LogP contribution >= 0.6 is 11.3 Å². The first-order valence-corrected chi connectivity index (χ1v) is 12.6. The summed E-state index contributed by atoms with van der Waals surface area (Å²) in [5.41, 5.74) is 5.49. The van der Waals surface area contributed by atoms with Crippen molar-refractivity contribution < 1.29 is 18.1 Å². The van der Waals surface area contributed by atoms with Gasteiger partial charge < -0.3 is 15.0 Å². The molecule has 1 atom stereocenters. The van der Waals surface area contributed by atoms with Crippen LogP contribution in [0.25, 0.3) is 0 Å². The van der Waals surface area contributed by atoms with Gasteiger partial charge in [0.15, 0.2) is 0 Å². The first-order chi connectivity index (χ1) is 15.8. The Morgan fingerprint density at radius 3 is 2.61 bits per heavy atom. The number of carbonyl (C=O) groups is 1. The Kier molecular flexibility index (Phi) is 7.11. The molecule has 1 saturated heterocycles. The molecule has 0 spiro atoms. The minimum absolute atomic E-state index is 0.285. The largest absolute Gasteiger partial charge is 0.378 e. The minimum atomic E-state index is -1.70. The third-order valence-corrected chi connectivity index (χ3v) is 7.58. The van der Waals surface area contributed by atoms with Gasteiger partial charge in [-0.05, 0) is 67.1 Å². The predicted octanol–water partition coefficient (Wildman–Crippen LogP) is 5.04. The van der Waals surface area contributed by atoms with Gasteiger partial charge in [-0.2, -0.15) is 0 Å². The zero-order chi connectivity index (χ0) is 23.5. The van der Waals surface area contributed by atoms with Crippen LogP contribution in [0.2, 0.25) is 0 Å². The van der Waals surface area contributed by atoms with Crippen molar-refractivity contribution >= 4 is 45.3 Å². The normalized spacial score (nSPS) is 14.7. The lowest BCUT2D eigenvalue weighted by molar-refractivity contribution is 0.103. The van der Waals surface area contributed by atoms with Crippen molar-refractivity contribution in [2.75, 3.05) is 41.2 Å². The maximum atomic E-state index is 13.5. The summed E-state index contributed by atoms with van der Waals surface area (Å²) in [4.78, 5) is 16.2. The molecular weight excluding hydrogens is 461 g/mol. The summed E-state index contributed by atoms with van der Waals surface area (Å²) in [7, 11) is -1.70. The van der Waals surface area contributed by atoms with Crippen molar-refractivity contribution in [3.05, 3.63) is 69.2 Å². The number of ether oxygens (including phenoxy) is 1. The van der Waals surface area contributed by atoms with Crippen LogP contribution in [-0.4, -0.2) is 36.4 Å². The van der Waals surface area contributed by atoms with Gasteiger partial charge in [-0.15, -0.1) is 11.3 Å². The Balaban J connectivity index is 1.57. The van der Waals surface area contributed by atoms with Crippen molar-refractivity contribution in [3.8, 4) is 0 Å². The molecule has 3 aromatic rings. The lowest BCUT2D eigenvalue weighted by Crippen LogP contribution is -2.37. The second kappa shape index (κ2) is 10.0. The quantitative estimate of drug-likeness (QED) is 0.511. The Hall–Kier alpha value is -2.75. The fourth-order valence-electron chi connectivity index (χ4n) is 4.12. The van der Waals surface area contributed by atoms with Gasteiger partial charge in [-0.3, -0.25) is 9.52 Å². The molecule has 1 unspecified atom stereocenters. The van der Waals surface area contributed by atoms with Crippen molar-refractivity contribution in [1.29, 1.82) is 0 Å². The summed E-state index contributed by atoms with van der Waals surface area (Å²) in [5, 5.41) is 4.82. The van der Waals surface area contributed by atoms with E-state index in [9.17, 15) is 13.4 Å². The number of nitrogens with one attached hydrogen (secondary N) is 2. The van der Waals surface area contributed by atoms with E-state index in [0.717, 1.165) is 41.2 Å². The van der Waals surface area contributed by atoms with Crippen LogP contribution in [0.15, 0.2) is 46.7 Å². The van der Waals surface area contributed by atoms with Gasteiger partial charge in [0.1, 0.15) is 21.7 Å². The van der Waals surface area contributed by atoms with Crippen molar-refractivity contribution in [1.82, 2.24) is 0 Å². The SMILES string of the molecule is Cc1cc(C)c(N2CCOCC2)c(C)c1NC(=O)c1sccc1NS(=O)c1cccc(F)c1. The molecule has 0 aliphatic carbocycles. The Labute approximate surface area is 199 Å². The number of carbonyl (C=O) groups excluding carboxylic acids is 1. The molecule has 2 N–H and O–H groups in total. The summed E-state index contributed by atoms with van der Waals surface area (Å²) >= 11 is 1.25. The third kappa shape index (κ3) is 5.10. The van der Waals surface area contributed by atoms with Crippen LogP contribution < -0.4 is 14.9 Å². The van der Waals surface area contributed by atoms with E-state index in [-0.39, 0.29) is 5.91 Å². The van der Waals surface area contributed by atoms with E-state index in [4.69, 9.17) is 4.74 Å². The molecule has 0 radical (unpaired) electrons. The van der Waals surface area contributed by atoms with Crippen LogP contribution in [0.5, 0.6) is 0 Å². The number of halogens is 1. The standard InChI is InChI=1S/C24H26FN3O3S2/c1-15-13-16(2)22(28-8-10-31-11-9-28)17(3)21(15)26-24(29)23-20(7-12-32-23)27-33(30)19-6-4-5-18(25)14-19/h4-7,12-14,27H,8-11H2,1-3H3,(H,26,29). The van der Waals surface area contributed by atoms with Crippen LogP contribution in [0.1, 0.15) is 26.4 Å². The molecule has 2 aromatic carbocycles. The minimum Gasteiger partial charge on any atom is -0.378 e. The average Bonchev–Trinajstić information content (AvgIpc) is 3.25. The van der Waals surface area contributed by atoms with Gasteiger partial charge in [-0.25, -0.2) is 8.60 Å². The Morgan fingerprint density at radius 2 is 1.88 bits per heavy atom.